The van der Waals surface area contributed by atoms with Crippen LogP contribution in [0.3, 0.4) is 0 Å². The highest BCUT2D eigenvalue weighted by molar-refractivity contribution is 6.31. The van der Waals surface area contributed by atoms with Crippen LogP contribution in [0.4, 0.5) is 4.39 Å². The second kappa shape index (κ2) is 10.4. The Morgan fingerprint density at radius 1 is 1.03 bits per heavy atom. The van der Waals surface area contributed by atoms with Gasteiger partial charge in [-0.1, -0.05) is 48.0 Å². The van der Waals surface area contributed by atoms with Crippen molar-refractivity contribution in [2.45, 2.75) is 25.5 Å². The van der Waals surface area contributed by atoms with Crippen molar-refractivity contribution in [3.8, 4) is 11.5 Å². The smallest absolute Gasteiger partial charge is 0.303 e. The number of halogens is 2. The zero-order valence-corrected chi connectivity index (χ0v) is 20.3. The van der Waals surface area contributed by atoms with Gasteiger partial charge < -0.3 is 19.1 Å². The van der Waals surface area contributed by atoms with E-state index in [0.717, 1.165) is 5.56 Å². The lowest BCUT2D eigenvalue weighted by atomic mass is 9.86. The van der Waals surface area contributed by atoms with Gasteiger partial charge >= 0.3 is 5.97 Å². The van der Waals surface area contributed by atoms with Crippen molar-refractivity contribution in [3.05, 3.63) is 93.8 Å². The first-order valence-corrected chi connectivity index (χ1v) is 11.4. The molecule has 1 aliphatic heterocycles. The van der Waals surface area contributed by atoms with Gasteiger partial charge in [0.15, 0.2) is 11.5 Å². The summed E-state index contributed by atoms with van der Waals surface area (Å²) in [5.41, 5.74) is 2.21. The van der Waals surface area contributed by atoms with Crippen LogP contribution in [0.2, 0.25) is 5.02 Å². The van der Waals surface area contributed by atoms with Gasteiger partial charge in [-0.25, -0.2) is 4.39 Å². The molecule has 182 valence electrons. The zero-order chi connectivity index (χ0) is 25.1. The molecule has 0 bridgehead atoms. The highest BCUT2D eigenvalue weighted by atomic mass is 35.5. The largest absolute Gasteiger partial charge is 0.493 e. The number of carbonyl (C=O) groups is 2. The maximum atomic E-state index is 15.3. The lowest BCUT2D eigenvalue weighted by Gasteiger charge is -2.40. The fraction of sp³-hybridized carbons (Fsp3) is 0.259. The summed E-state index contributed by atoms with van der Waals surface area (Å²) < 4.78 is 31.7. The van der Waals surface area contributed by atoms with Gasteiger partial charge in [0.1, 0.15) is 5.82 Å². The number of hydrogen-bond acceptors (Lipinski definition) is 5. The topological polar surface area (TPSA) is 65.1 Å². The summed E-state index contributed by atoms with van der Waals surface area (Å²) in [4.78, 5) is 27.4. The molecule has 1 amide bonds. The maximum Gasteiger partial charge on any atom is 0.303 e. The van der Waals surface area contributed by atoms with E-state index in [9.17, 15) is 9.59 Å². The fourth-order valence-corrected chi connectivity index (χ4v) is 4.74. The monoisotopic (exact) mass is 497 g/mol. The van der Waals surface area contributed by atoms with Crippen LogP contribution >= 0.6 is 11.6 Å². The summed E-state index contributed by atoms with van der Waals surface area (Å²) >= 11 is 6.49. The summed E-state index contributed by atoms with van der Waals surface area (Å²) in [6, 6.07) is 15.8. The quantitative estimate of drug-likeness (QED) is 0.434. The Kier molecular flexibility index (Phi) is 7.26. The Labute approximate surface area is 208 Å². The normalized spacial score (nSPS) is 15.7. The number of ether oxygens (including phenoxy) is 3. The molecule has 1 aliphatic rings. The molecular weight excluding hydrogens is 473 g/mol. The second-order valence-corrected chi connectivity index (χ2v) is 8.53. The van der Waals surface area contributed by atoms with Gasteiger partial charge in [0.25, 0.3) is 5.91 Å². The third-order valence-electron chi connectivity index (χ3n) is 6.04. The Morgan fingerprint density at radius 3 is 2.34 bits per heavy atom. The summed E-state index contributed by atoms with van der Waals surface area (Å²) in [5, 5.41) is 0.180. The van der Waals surface area contributed by atoms with Crippen LogP contribution in [0.25, 0.3) is 0 Å². The van der Waals surface area contributed by atoms with Gasteiger partial charge in [-0.15, -0.1) is 0 Å². The number of benzene rings is 3. The van der Waals surface area contributed by atoms with E-state index in [4.69, 9.17) is 25.8 Å². The number of rotatable bonds is 6. The third-order valence-corrected chi connectivity index (χ3v) is 6.37. The van der Waals surface area contributed by atoms with E-state index in [2.05, 4.69) is 0 Å². The van der Waals surface area contributed by atoms with E-state index in [-0.39, 0.29) is 17.1 Å². The first-order chi connectivity index (χ1) is 16.8. The minimum absolute atomic E-state index is 0.158. The molecule has 1 heterocycles. The Balaban J connectivity index is 1.89. The first kappa shape index (κ1) is 24.5. The molecule has 2 unspecified atom stereocenters. The van der Waals surface area contributed by atoms with Gasteiger partial charge in [-0.05, 0) is 41.8 Å². The molecule has 8 heteroatoms. The molecule has 0 aromatic heterocycles. The van der Waals surface area contributed by atoms with Crippen LogP contribution in [-0.4, -0.2) is 37.5 Å². The SMILES string of the molecule is COc1cc2c(cc1OC)C(c1c(F)cccc1Cl)N(C(=O)C(OC(C)=O)c1ccccc1)CC2. The van der Waals surface area contributed by atoms with Crippen LogP contribution in [0.15, 0.2) is 60.7 Å². The summed E-state index contributed by atoms with van der Waals surface area (Å²) in [6.45, 7) is 1.50. The molecule has 0 fully saturated rings. The number of esters is 1. The standard InChI is InChI=1S/C27H25ClFNO5/c1-16(31)35-26(17-8-5-4-6-9-17)27(32)30-13-12-18-14-22(33-2)23(34-3)15-19(18)25(30)24-20(28)10-7-11-21(24)29/h4-11,14-15,25-26H,12-13H2,1-3H3. The van der Waals surface area contributed by atoms with Crippen molar-refractivity contribution in [1.82, 2.24) is 4.90 Å². The number of methoxy groups -OCH3 is 2. The number of fused-ring (bicyclic) bond motifs is 1. The molecular formula is C27H25ClFNO5. The number of carbonyl (C=O) groups excluding carboxylic acids is 2. The third kappa shape index (κ3) is 4.82. The maximum absolute atomic E-state index is 15.3. The Bertz CT molecular complexity index is 1230. The van der Waals surface area contributed by atoms with Crippen molar-refractivity contribution in [3.63, 3.8) is 0 Å². The minimum atomic E-state index is -1.19. The van der Waals surface area contributed by atoms with Gasteiger partial charge in [-0.3, -0.25) is 9.59 Å². The van der Waals surface area contributed by atoms with Gasteiger partial charge in [-0.2, -0.15) is 0 Å². The van der Waals surface area contributed by atoms with Crippen molar-refractivity contribution in [1.29, 1.82) is 0 Å². The second-order valence-electron chi connectivity index (χ2n) is 8.13. The van der Waals surface area contributed by atoms with Crippen LogP contribution in [0.1, 0.15) is 41.3 Å². The van der Waals surface area contributed by atoms with Crippen LogP contribution < -0.4 is 9.47 Å². The lowest BCUT2D eigenvalue weighted by molar-refractivity contribution is -0.160. The van der Waals surface area contributed by atoms with Crippen molar-refractivity contribution in [2.24, 2.45) is 0 Å². The van der Waals surface area contributed by atoms with Crippen molar-refractivity contribution < 1.29 is 28.2 Å². The zero-order valence-electron chi connectivity index (χ0n) is 19.6. The minimum Gasteiger partial charge on any atom is -0.493 e. The molecule has 0 saturated carbocycles. The Hall–Kier alpha value is -3.58. The van der Waals surface area contributed by atoms with Crippen LogP contribution in [0.5, 0.6) is 11.5 Å². The average Bonchev–Trinajstić information content (AvgIpc) is 2.86. The predicted molar refractivity (Wildman–Crippen MR) is 129 cm³/mol. The van der Waals surface area contributed by atoms with E-state index in [1.54, 1.807) is 42.5 Å². The predicted octanol–water partition coefficient (Wildman–Crippen LogP) is 5.27. The van der Waals surface area contributed by atoms with Crippen LogP contribution in [0, 0.1) is 5.82 Å². The number of amides is 1. The van der Waals surface area contributed by atoms with E-state index >= 15 is 4.39 Å². The molecule has 0 N–H and O–H groups in total. The summed E-state index contributed by atoms with van der Waals surface area (Å²) in [7, 11) is 3.05. The Morgan fingerprint density at radius 2 is 1.71 bits per heavy atom. The van der Waals surface area contributed by atoms with Crippen molar-refractivity contribution in [2.75, 3.05) is 20.8 Å². The fourth-order valence-electron chi connectivity index (χ4n) is 4.47. The molecule has 0 saturated heterocycles. The van der Waals surface area contributed by atoms with Gasteiger partial charge in [0, 0.05) is 29.6 Å². The summed E-state index contributed by atoms with van der Waals surface area (Å²) in [6.07, 6.45) is -0.713. The van der Waals surface area contributed by atoms with E-state index in [1.807, 2.05) is 6.07 Å². The highest BCUT2D eigenvalue weighted by Gasteiger charge is 2.40. The molecule has 35 heavy (non-hydrogen) atoms. The number of nitrogens with zero attached hydrogens (tertiary/aromatic N) is 1. The molecule has 3 aromatic carbocycles. The van der Waals surface area contributed by atoms with Gasteiger partial charge in [0.2, 0.25) is 6.10 Å². The van der Waals surface area contributed by atoms with E-state index < -0.39 is 29.8 Å². The summed E-state index contributed by atoms with van der Waals surface area (Å²) in [5.74, 6) is -0.650. The molecule has 0 aliphatic carbocycles. The molecule has 2 atom stereocenters. The lowest BCUT2D eigenvalue weighted by Crippen LogP contribution is -2.44. The highest BCUT2D eigenvalue weighted by Crippen LogP contribution is 2.44. The van der Waals surface area contributed by atoms with E-state index in [0.29, 0.717) is 29.0 Å². The van der Waals surface area contributed by atoms with Crippen molar-refractivity contribution >= 4 is 23.5 Å². The van der Waals surface area contributed by atoms with E-state index in [1.165, 1.54) is 38.2 Å². The van der Waals surface area contributed by atoms with Gasteiger partial charge in [0.05, 0.1) is 20.3 Å². The van der Waals surface area contributed by atoms with Crippen LogP contribution in [-0.2, 0) is 20.7 Å². The molecule has 0 spiro atoms. The number of hydrogen-bond donors (Lipinski definition) is 0. The molecule has 6 nitrogen and oxygen atoms in total. The average molecular weight is 498 g/mol. The first-order valence-electron chi connectivity index (χ1n) is 11.1. The molecule has 0 radical (unpaired) electrons. The molecule has 3 aromatic rings. The molecule has 4 rings (SSSR count).